The summed E-state index contributed by atoms with van der Waals surface area (Å²) >= 11 is 1.53. The maximum atomic E-state index is 5.82. The van der Waals surface area contributed by atoms with Crippen molar-refractivity contribution in [2.24, 2.45) is 0 Å². The number of ether oxygens (including phenoxy) is 1. The number of benzene rings is 1. The SMILES string of the molecule is CCCCCCCCc1ccc(-c2nnc(OC(C)CCC)s2)cc1. The monoisotopic (exact) mass is 360 g/mol. The van der Waals surface area contributed by atoms with Crippen molar-refractivity contribution in [3.8, 4) is 15.8 Å². The predicted molar refractivity (Wildman–Crippen MR) is 107 cm³/mol. The molecule has 3 nitrogen and oxygen atoms in total. The van der Waals surface area contributed by atoms with Crippen molar-refractivity contribution in [2.75, 3.05) is 0 Å². The number of hydrogen-bond donors (Lipinski definition) is 0. The first kappa shape index (κ1) is 19.9. The molecule has 4 heteroatoms. The van der Waals surface area contributed by atoms with Gasteiger partial charge < -0.3 is 4.74 Å². The lowest BCUT2D eigenvalue weighted by molar-refractivity contribution is 0.207. The van der Waals surface area contributed by atoms with E-state index in [1.165, 1.54) is 61.8 Å². The summed E-state index contributed by atoms with van der Waals surface area (Å²) in [5, 5.41) is 10.1. The predicted octanol–water partition coefficient (Wildman–Crippen LogP) is 6.68. The van der Waals surface area contributed by atoms with E-state index in [1.54, 1.807) is 0 Å². The van der Waals surface area contributed by atoms with E-state index in [9.17, 15) is 0 Å². The van der Waals surface area contributed by atoms with Gasteiger partial charge in [0.2, 0.25) is 0 Å². The Balaban J connectivity index is 1.80. The first-order valence-electron chi connectivity index (χ1n) is 9.82. The third-order valence-electron chi connectivity index (χ3n) is 4.42. The summed E-state index contributed by atoms with van der Waals surface area (Å²) in [7, 11) is 0. The van der Waals surface area contributed by atoms with Crippen LogP contribution in [-0.4, -0.2) is 16.3 Å². The van der Waals surface area contributed by atoms with Crippen molar-refractivity contribution >= 4 is 11.3 Å². The molecular formula is C21H32N2OS. The number of aryl methyl sites for hydroxylation is 1. The van der Waals surface area contributed by atoms with Crippen LogP contribution in [0.5, 0.6) is 5.19 Å². The van der Waals surface area contributed by atoms with Gasteiger partial charge in [0.1, 0.15) is 0 Å². The highest BCUT2D eigenvalue weighted by Gasteiger charge is 2.10. The molecule has 2 aromatic rings. The average Bonchev–Trinajstić information content (AvgIpc) is 3.07. The molecule has 1 unspecified atom stereocenters. The molecular weight excluding hydrogens is 328 g/mol. The molecule has 0 saturated heterocycles. The zero-order valence-electron chi connectivity index (χ0n) is 16.0. The Morgan fingerprint density at radius 1 is 0.920 bits per heavy atom. The molecule has 2 rings (SSSR count). The lowest BCUT2D eigenvalue weighted by atomic mass is 10.0. The van der Waals surface area contributed by atoms with E-state index in [0.29, 0.717) is 5.19 Å². The summed E-state index contributed by atoms with van der Waals surface area (Å²) < 4.78 is 5.82. The number of unbranched alkanes of at least 4 members (excludes halogenated alkanes) is 5. The third kappa shape index (κ3) is 7.15. The van der Waals surface area contributed by atoms with Crippen LogP contribution in [0.15, 0.2) is 24.3 Å². The summed E-state index contributed by atoms with van der Waals surface area (Å²) in [6.07, 6.45) is 11.6. The van der Waals surface area contributed by atoms with Crippen molar-refractivity contribution in [2.45, 2.75) is 84.7 Å². The minimum absolute atomic E-state index is 0.200. The van der Waals surface area contributed by atoms with Gasteiger partial charge in [-0.25, -0.2) is 0 Å². The molecule has 0 N–H and O–H groups in total. The topological polar surface area (TPSA) is 35.0 Å². The Hall–Kier alpha value is -1.42. The van der Waals surface area contributed by atoms with Gasteiger partial charge in [-0.2, -0.15) is 0 Å². The molecule has 0 spiro atoms. The number of nitrogens with zero attached hydrogens (tertiary/aromatic N) is 2. The van der Waals surface area contributed by atoms with Crippen molar-refractivity contribution in [3.05, 3.63) is 29.8 Å². The summed E-state index contributed by atoms with van der Waals surface area (Å²) in [5.74, 6) is 0. The molecule has 1 heterocycles. The Morgan fingerprint density at radius 2 is 1.64 bits per heavy atom. The van der Waals surface area contributed by atoms with Crippen molar-refractivity contribution in [1.29, 1.82) is 0 Å². The van der Waals surface area contributed by atoms with Gasteiger partial charge in [-0.05, 0) is 31.7 Å². The van der Waals surface area contributed by atoms with Gasteiger partial charge in [0.05, 0.1) is 6.10 Å². The molecule has 1 aromatic heterocycles. The van der Waals surface area contributed by atoms with E-state index >= 15 is 0 Å². The fourth-order valence-corrected chi connectivity index (χ4v) is 3.73. The van der Waals surface area contributed by atoms with Crippen molar-refractivity contribution < 1.29 is 4.74 Å². The van der Waals surface area contributed by atoms with Gasteiger partial charge >= 0.3 is 0 Å². The van der Waals surface area contributed by atoms with Crippen LogP contribution in [0.25, 0.3) is 10.6 Å². The Kier molecular flexibility index (Phi) is 8.95. The molecule has 0 amide bonds. The van der Waals surface area contributed by atoms with Crippen LogP contribution in [-0.2, 0) is 6.42 Å². The molecule has 0 aliphatic rings. The summed E-state index contributed by atoms with van der Waals surface area (Å²) in [6, 6.07) is 8.77. The van der Waals surface area contributed by atoms with Crippen LogP contribution >= 0.6 is 11.3 Å². The average molecular weight is 361 g/mol. The van der Waals surface area contributed by atoms with E-state index in [4.69, 9.17) is 4.74 Å². The summed E-state index contributed by atoms with van der Waals surface area (Å²) in [5.41, 5.74) is 2.54. The maximum Gasteiger partial charge on any atom is 0.294 e. The molecule has 25 heavy (non-hydrogen) atoms. The van der Waals surface area contributed by atoms with E-state index < -0.39 is 0 Å². The highest BCUT2D eigenvalue weighted by atomic mass is 32.1. The van der Waals surface area contributed by atoms with Gasteiger partial charge in [0, 0.05) is 5.56 Å². The first-order valence-corrected chi connectivity index (χ1v) is 10.6. The second kappa shape index (κ2) is 11.2. The van der Waals surface area contributed by atoms with Crippen LogP contribution in [0.2, 0.25) is 0 Å². The molecule has 0 fully saturated rings. The summed E-state index contributed by atoms with van der Waals surface area (Å²) in [4.78, 5) is 0. The van der Waals surface area contributed by atoms with E-state index in [-0.39, 0.29) is 6.10 Å². The number of aromatic nitrogens is 2. The van der Waals surface area contributed by atoms with Gasteiger partial charge in [-0.15, -0.1) is 5.10 Å². The second-order valence-electron chi connectivity index (χ2n) is 6.80. The fraction of sp³-hybridized carbons (Fsp3) is 0.619. The normalized spacial score (nSPS) is 12.3. The standard InChI is InChI=1S/C21H32N2OS/c1-4-6-7-8-9-10-12-18-13-15-19(16-14-18)20-22-23-21(25-20)24-17(3)11-5-2/h13-17H,4-12H2,1-3H3. The molecule has 0 saturated carbocycles. The Labute approximate surface area is 156 Å². The minimum atomic E-state index is 0.200. The van der Waals surface area contributed by atoms with Gasteiger partial charge in [-0.3, -0.25) is 0 Å². The van der Waals surface area contributed by atoms with E-state index in [2.05, 4.69) is 55.2 Å². The largest absolute Gasteiger partial charge is 0.466 e. The van der Waals surface area contributed by atoms with Crippen LogP contribution in [0.4, 0.5) is 0 Å². The van der Waals surface area contributed by atoms with Crippen LogP contribution in [0, 0.1) is 0 Å². The Bertz CT molecular complexity index is 594. The van der Waals surface area contributed by atoms with Gasteiger partial charge in [0.25, 0.3) is 5.19 Å². The molecule has 0 bridgehead atoms. The van der Waals surface area contributed by atoms with Gasteiger partial charge in [0.15, 0.2) is 5.01 Å². The van der Waals surface area contributed by atoms with Crippen molar-refractivity contribution in [3.63, 3.8) is 0 Å². The summed E-state index contributed by atoms with van der Waals surface area (Å²) in [6.45, 7) is 6.51. The highest BCUT2D eigenvalue weighted by Crippen LogP contribution is 2.29. The minimum Gasteiger partial charge on any atom is -0.466 e. The van der Waals surface area contributed by atoms with Crippen LogP contribution < -0.4 is 4.74 Å². The lowest BCUT2D eigenvalue weighted by Gasteiger charge is -2.09. The first-order chi connectivity index (χ1) is 12.2. The fourth-order valence-electron chi connectivity index (χ4n) is 2.94. The van der Waals surface area contributed by atoms with Crippen LogP contribution in [0.3, 0.4) is 0 Å². The molecule has 138 valence electrons. The number of rotatable bonds is 12. The Morgan fingerprint density at radius 3 is 2.36 bits per heavy atom. The second-order valence-corrected chi connectivity index (χ2v) is 7.75. The molecule has 1 aromatic carbocycles. The quantitative estimate of drug-likeness (QED) is 0.396. The maximum absolute atomic E-state index is 5.82. The van der Waals surface area contributed by atoms with E-state index in [0.717, 1.165) is 23.4 Å². The van der Waals surface area contributed by atoms with Crippen LogP contribution in [0.1, 0.15) is 77.7 Å². The molecule has 0 aliphatic heterocycles. The lowest BCUT2D eigenvalue weighted by Crippen LogP contribution is -2.10. The molecule has 0 radical (unpaired) electrons. The molecule has 1 atom stereocenters. The van der Waals surface area contributed by atoms with Crippen molar-refractivity contribution in [1.82, 2.24) is 10.2 Å². The zero-order valence-corrected chi connectivity index (χ0v) is 16.8. The van der Waals surface area contributed by atoms with E-state index in [1.807, 2.05) is 0 Å². The smallest absolute Gasteiger partial charge is 0.294 e. The third-order valence-corrected chi connectivity index (χ3v) is 5.29. The highest BCUT2D eigenvalue weighted by molar-refractivity contribution is 7.16. The number of hydrogen-bond acceptors (Lipinski definition) is 4. The molecule has 0 aliphatic carbocycles. The zero-order chi connectivity index (χ0) is 17.9. The van der Waals surface area contributed by atoms with Gasteiger partial charge in [-0.1, -0.05) is 93.1 Å².